The number of carbonyl (C=O) groups is 2. The summed E-state index contributed by atoms with van der Waals surface area (Å²) in [6.45, 7) is 6.55. The third kappa shape index (κ3) is 5.15. The van der Waals surface area contributed by atoms with E-state index >= 15 is 0 Å². The molecule has 6 rings (SSSR count). The van der Waals surface area contributed by atoms with Gasteiger partial charge in [-0.15, -0.1) is 11.3 Å². The van der Waals surface area contributed by atoms with Gasteiger partial charge in [-0.25, -0.2) is 9.97 Å². The molecule has 3 aromatic heterocycles. The Hall–Kier alpha value is -3.61. The molecule has 216 valence electrons. The lowest BCUT2D eigenvalue weighted by Crippen LogP contribution is -2.50. The van der Waals surface area contributed by atoms with Crippen molar-refractivity contribution in [3.8, 4) is 0 Å². The number of anilines is 1. The summed E-state index contributed by atoms with van der Waals surface area (Å²) in [6, 6.07) is 7.39. The van der Waals surface area contributed by atoms with Gasteiger partial charge in [-0.2, -0.15) is 5.16 Å². The maximum absolute atomic E-state index is 13.5. The predicted molar refractivity (Wildman–Crippen MR) is 156 cm³/mol. The van der Waals surface area contributed by atoms with Crippen LogP contribution in [0.15, 0.2) is 39.8 Å². The van der Waals surface area contributed by atoms with Crippen molar-refractivity contribution >= 4 is 50.2 Å². The molecule has 0 aliphatic carbocycles. The minimum absolute atomic E-state index is 0.132. The van der Waals surface area contributed by atoms with E-state index in [1.807, 2.05) is 0 Å². The van der Waals surface area contributed by atoms with E-state index in [0.29, 0.717) is 6.54 Å². The number of piperidine rings is 2. The van der Waals surface area contributed by atoms with Gasteiger partial charge in [0.1, 0.15) is 5.39 Å². The topological polar surface area (TPSA) is 134 Å². The highest BCUT2D eigenvalue weighted by molar-refractivity contribution is 7.18. The average Bonchev–Trinajstić information content (AvgIpc) is 3.55. The first kappa shape index (κ1) is 27.6. The number of aromatic nitrogens is 3. The Morgan fingerprint density at radius 1 is 1.24 bits per heavy atom. The van der Waals surface area contributed by atoms with Gasteiger partial charge >= 0.3 is 11.8 Å². The molecule has 1 aromatic carbocycles. The summed E-state index contributed by atoms with van der Waals surface area (Å²) in [5.41, 5.74) is 1.48. The van der Waals surface area contributed by atoms with Crippen molar-refractivity contribution in [1.82, 2.24) is 24.9 Å². The number of pyridine rings is 1. The molecule has 2 fully saturated rings. The quantitative estimate of drug-likeness (QED) is 0.349. The molecular formula is C29H34N6O5S. The lowest BCUT2D eigenvalue weighted by molar-refractivity contribution is -0.146. The summed E-state index contributed by atoms with van der Waals surface area (Å²) >= 11 is 1.70. The summed E-state index contributed by atoms with van der Waals surface area (Å²) in [7, 11) is 3.89. The largest absolute Gasteiger partial charge is 0.376 e. The van der Waals surface area contributed by atoms with Gasteiger partial charge in [0.2, 0.25) is 0 Å². The zero-order chi connectivity index (χ0) is 28.9. The number of carbonyl (C=O) groups excluding carboxylic acids is 2. The van der Waals surface area contributed by atoms with E-state index in [0.717, 1.165) is 53.1 Å². The fraction of sp³-hybridized carbons (Fsp3) is 0.483. The van der Waals surface area contributed by atoms with Crippen molar-refractivity contribution in [3.63, 3.8) is 0 Å². The summed E-state index contributed by atoms with van der Waals surface area (Å²) in [4.78, 5) is 51.5. The number of nitrogens with zero attached hydrogens (tertiary/aromatic N) is 4. The lowest BCUT2D eigenvalue weighted by atomic mass is 9.83. The molecule has 0 unspecified atom stereocenters. The molecule has 4 aromatic rings. The highest BCUT2D eigenvalue weighted by Crippen LogP contribution is 2.42. The first-order valence-corrected chi connectivity index (χ1v) is 14.7. The van der Waals surface area contributed by atoms with E-state index in [2.05, 4.69) is 59.5 Å². The fourth-order valence-electron chi connectivity index (χ4n) is 6.24. The average molecular weight is 579 g/mol. The Bertz CT molecular complexity index is 1680. The van der Waals surface area contributed by atoms with E-state index in [1.165, 1.54) is 12.3 Å². The predicted octanol–water partition coefficient (Wildman–Crippen LogP) is 3.89. The van der Waals surface area contributed by atoms with Gasteiger partial charge in [0, 0.05) is 26.1 Å². The maximum Gasteiger partial charge on any atom is 0.313 e. The molecule has 2 amide bonds. The van der Waals surface area contributed by atoms with Gasteiger partial charge in [-0.1, -0.05) is 13.0 Å². The number of fused-ring (bicyclic) bond motifs is 2. The number of hydrogen-bond acceptors (Lipinski definition) is 9. The van der Waals surface area contributed by atoms with Crippen molar-refractivity contribution in [2.45, 2.75) is 50.7 Å². The van der Waals surface area contributed by atoms with Gasteiger partial charge in [-0.05, 0) is 69.5 Å². The van der Waals surface area contributed by atoms with Crippen LogP contribution in [-0.4, -0.2) is 76.1 Å². The minimum atomic E-state index is -0.775. The molecule has 11 nitrogen and oxygen atoms in total. The number of thiazole rings is 1. The van der Waals surface area contributed by atoms with Crippen molar-refractivity contribution in [1.29, 1.82) is 0 Å². The number of likely N-dealkylation sites (tertiary alicyclic amines) is 2. The number of benzene rings is 1. The van der Waals surface area contributed by atoms with Gasteiger partial charge in [-0.3, -0.25) is 14.4 Å². The number of aromatic amines is 1. The van der Waals surface area contributed by atoms with Gasteiger partial charge < -0.3 is 24.4 Å². The van der Waals surface area contributed by atoms with Gasteiger partial charge in [0.25, 0.3) is 11.3 Å². The monoisotopic (exact) mass is 578 g/mol. The van der Waals surface area contributed by atoms with E-state index in [9.17, 15) is 14.4 Å². The SMILES string of the molecule is CO[C@@]1(C)CN(C)CC[C@H]1c1nc2cc([C@H]3CC[C@H](C)CN3C(=O)C(=O)Nc3cnc4o[nH]c(=O)c4c3)ccc2s1. The van der Waals surface area contributed by atoms with Crippen molar-refractivity contribution in [2.24, 2.45) is 5.92 Å². The fourth-order valence-corrected chi connectivity index (χ4v) is 7.47. The van der Waals surface area contributed by atoms with Crippen LogP contribution in [0.3, 0.4) is 0 Å². The minimum Gasteiger partial charge on any atom is -0.376 e. The van der Waals surface area contributed by atoms with E-state index in [1.54, 1.807) is 23.3 Å². The Balaban J connectivity index is 1.25. The second kappa shape index (κ2) is 10.7. The zero-order valence-electron chi connectivity index (χ0n) is 23.6. The van der Waals surface area contributed by atoms with E-state index in [4.69, 9.17) is 14.2 Å². The van der Waals surface area contributed by atoms with Crippen LogP contribution in [0.1, 0.15) is 55.6 Å². The number of nitrogens with one attached hydrogen (secondary N) is 2. The molecule has 0 bridgehead atoms. The van der Waals surface area contributed by atoms with Crippen molar-refractivity contribution < 1.29 is 18.8 Å². The molecule has 2 N–H and O–H groups in total. The summed E-state index contributed by atoms with van der Waals surface area (Å²) < 4.78 is 12.0. The molecule has 4 atom stereocenters. The smallest absolute Gasteiger partial charge is 0.313 e. The molecule has 12 heteroatoms. The van der Waals surface area contributed by atoms with Crippen LogP contribution in [0.5, 0.6) is 0 Å². The molecule has 41 heavy (non-hydrogen) atoms. The van der Waals surface area contributed by atoms with Crippen LogP contribution in [0.25, 0.3) is 21.3 Å². The number of hydrogen-bond donors (Lipinski definition) is 2. The van der Waals surface area contributed by atoms with E-state index in [-0.39, 0.29) is 40.3 Å². The highest BCUT2D eigenvalue weighted by Gasteiger charge is 2.41. The molecule has 0 radical (unpaired) electrons. The van der Waals surface area contributed by atoms with Gasteiger partial charge in [0.15, 0.2) is 0 Å². The number of likely N-dealkylation sites (N-methyl/N-ethyl adjacent to an activating group) is 1. The van der Waals surface area contributed by atoms with Crippen LogP contribution in [0.2, 0.25) is 0 Å². The standard InChI is InChI=1S/C29H34N6O5S/c1-16-5-7-22(35(14-16)28(38)25(37)31-18-12-19-24(36)33-40-26(19)30-13-18)17-6-8-23-21(11-17)32-27(41-23)20-9-10-34(3)15-29(20,2)39-4/h6,8,11-13,16,20,22H,5,7,9-10,14-15H2,1-4H3,(H,31,37)(H,33,36)/t16-,20-,22+,29-/m0/s1. The van der Waals surface area contributed by atoms with Crippen LogP contribution in [0.4, 0.5) is 5.69 Å². The first-order valence-electron chi connectivity index (χ1n) is 13.9. The number of methoxy groups -OCH3 is 1. The molecule has 2 aliphatic rings. The Morgan fingerprint density at radius 3 is 2.88 bits per heavy atom. The third-order valence-corrected chi connectivity index (χ3v) is 9.71. The highest BCUT2D eigenvalue weighted by atomic mass is 32.1. The Labute approximate surface area is 240 Å². The molecule has 2 saturated heterocycles. The third-order valence-electron chi connectivity index (χ3n) is 8.56. The molecule has 5 heterocycles. The van der Waals surface area contributed by atoms with Crippen LogP contribution in [-0.2, 0) is 14.3 Å². The van der Waals surface area contributed by atoms with Crippen LogP contribution < -0.4 is 10.9 Å². The van der Waals surface area contributed by atoms with E-state index < -0.39 is 17.4 Å². The second-order valence-corrected chi connectivity index (χ2v) is 12.7. The first-order chi connectivity index (χ1) is 19.6. The molecule has 0 saturated carbocycles. The summed E-state index contributed by atoms with van der Waals surface area (Å²) in [6.07, 6.45) is 4.02. The van der Waals surface area contributed by atoms with Crippen LogP contribution >= 0.6 is 11.3 Å². The van der Waals surface area contributed by atoms with Crippen LogP contribution in [0, 0.1) is 5.92 Å². The molecule has 2 aliphatic heterocycles. The Morgan fingerprint density at radius 2 is 2.07 bits per heavy atom. The molecular weight excluding hydrogens is 544 g/mol. The lowest BCUT2D eigenvalue weighted by Gasteiger charge is -2.43. The normalized spacial score (nSPS) is 25.6. The summed E-state index contributed by atoms with van der Waals surface area (Å²) in [5, 5.41) is 6.08. The zero-order valence-corrected chi connectivity index (χ0v) is 24.4. The van der Waals surface area contributed by atoms with Crippen molar-refractivity contribution in [2.75, 3.05) is 39.1 Å². The second-order valence-electron chi connectivity index (χ2n) is 11.6. The number of H-pyrrole nitrogens is 1. The summed E-state index contributed by atoms with van der Waals surface area (Å²) in [5.74, 6) is -0.934. The maximum atomic E-state index is 13.5. The number of rotatable bonds is 4. The Kier molecular flexibility index (Phi) is 7.16. The number of amides is 2. The number of ether oxygens (including phenoxy) is 1. The van der Waals surface area contributed by atoms with Gasteiger partial charge in [0.05, 0.1) is 38.8 Å². The molecule has 0 spiro atoms. The van der Waals surface area contributed by atoms with Crippen molar-refractivity contribution in [3.05, 3.63) is 51.4 Å².